The molecule has 3 aromatic carbocycles. The summed E-state index contributed by atoms with van der Waals surface area (Å²) in [5.74, 6) is 2.24. The van der Waals surface area contributed by atoms with Crippen LogP contribution in [-0.4, -0.2) is 24.2 Å². The largest absolute Gasteiger partial charge is 0.496 e. The van der Waals surface area contributed by atoms with Crippen LogP contribution in [0.3, 0.4) is 0 Å². The van der Waals surface area contributed by atoms with E-state index in [9.17, 15) is 0 Å². The third-order valence-corrected chi connectivity index (χ3v) is 4.78. The zero-order chi connectivity index (χ0) is 19.5. The molecule has 1 N–H and O–H groups in total. The van der Waals surface area contributed by atoms with Gasteiger partial charge in [0.2, 0.25) is 0 Å². The Morgan fingerprint density at radius 1 is 0.786 bits per heavy atom. The third-order valence-electron chi connectivity index (χ3n) is 4.54. The molecule has 0 saturated carbocycles. The second-order valence-electron chi connectivity index (χ2n) is 6.22. The van der Waals surface area contributed by atoms with Crippen molar-refractivity contribution in [1.82, 2.24) is 9.97 Å². The van der Waals surface area contributed by atoms with Crippen LogP contribution in [0, 0.1) is 0 Å². The number of nitrogens with zero attached hydrogens (tertiary/aromatic N) is 1. The van der Waals surface area contributed by atoms with Gasteiger partial charge in [-0.25, -0.2) is 4.98 Å². The fraction of sp³-hybridized carbons (Fsp3) is 0.0870. The van der Waals surface area contributed by atoms with Crippen LogP contribution in [0.1, 0.15) is 0 Å². The van der Waals surface area contributed by atoms with Crippen molar-refractivity contribution in [2.24, 2.45) is 0 Å². The summed E-state index contributed by atoms with van der Waals surface area (Å²) in [4.78, 5) is 8.36. The number of nitrogens with one attached hydrogen (secondary N) is 1. The molecule has 0 aliphatic carbocycles. The zero-order valence-electron chi connectivity index (χ0n) is 15.6. The van der Waals surface area contributed by atoms with Gasteiger partial charge in [0.1, 0.15) is 23.0 Å². The van der Waals surface area contributed by atoms with Gasteiger partial charge in [0.25, 0.3) is 0 Å². The number of hydrogen-bond donors (Lipinski definition) is 1. The van der Waals surface area contributed by atoms with E-state index < -0.39 is 0 Å². The van der Waals surface area contributed by atoms with Crippen LogP contribution in [-0.2, 0) is 0 Å². The number of ether oxygens (including phenoxy) is 2. The Morgan fingerprint density at radius 2 is 1.43 bits per heavy atom. The Morgan fingerprint density at radius 3 is 2.11 bits per heavy atom. The summed E-state index contributed by atoms with van der Waals surface area (Å²) < 4.78 is 11.2. The fourth-order valence-electron chi connectivity index (χ4n) is 3.23. The second kappa shape index (κ2) is 7.79. The summed E-state index contributed by atoms with van der Waals surface area (Å²) in [6.45, 7) is 0. The molecule has 0 saturated heterocycles. The van der Waals surface area contributed by atoms with Gasteiger partial charge in [-0.15, -0.1) is 0 Å². The van der Waals surface area contributed by atoms with Crippen LogP contribution in [0.4, 0.5) is 0 Å². The highest BCUT2D eigenvalue weighted by molar-refractivity contribution is 6.30. The van der Waals surface area contributed by atoms with Crippen molar-refractivity contribution < 1.29 is 9.47 Å². The molecule has 0 fully saturated rings. The van der Waals surface area contributed by atoms with Crippen LogP contribution in [0.25, 0.3) is 33.9 Å². The summed E-state index contributed by atoms with van der Waals surface area (Å²) in [6.07, 6.45) is 0. The fourth-order valence-corrected chi connectivity index (χ4v) is 3.42. The highest BCUT2D eigenvalue weighted by atomic mass is 35.5. The molecule has 4 nitrogen and oxygen atoms in total. The lowest BCUT2D eigenvalue weighted by molar-refractivity contribution is 0.415. The minimum absolute atomic E-state index is 0.659. The van der Waals surface area contributed by atoms with Crippen molar-refractivity contribution in [1.29, 1.82) is 0 Å². The first kappa shape index (κ1) is 18.1. The Labute approximate surface area is 168 Å². The number of methoxy groups -OCH3 is 2. The molecule has 0 amide bonds. The SMILES string of the molecule is COc1ccccc1-c1nc(-c2cccc(Cl)c2)[nH]c1-c1ccccc1OC. The standard InChI is InChI=1S/C23H19ClN2O2/c1-27-19-12-5-3-10-17(19)21-22(18-11-4-6-13-20(18)28-2)26-23(25-21)15-8-7-9-16(24)14-15/h3-14H,1-2H3,(H,25,26). The molecule has 5 heteroatoms. The van der Waals surface area contributed by atoms with E-state index in [-0.39, 0.29) is 0 Å². The van der Waals surface area contributed by atoms with Gasteiger partial charge < -0.3 is 14.5 Å². The molecule has 4 rings (SSSR count). The number of aromatic amines is 1. The molecular weight excluding hydrogens is 372 g/mol. The lowest BCUT2D eigenvalue weighted by Gasteiger charge is -2.10. The Balaban J connectivity index is 1.98. The van der Waals surface area contributed by atoms with Crippen LogP contribution in [0.15, 0.2) is 72.8 Å². The van der Waals surface area contributed by atoms with E-state index in [4.69, 9.17) is 26.1 Å². The van der Waals surface area contributed by atoms with Crippen molar-refractivity contribution >= 4 is 11.6 Å². The first-order valence-corrected chi connectivity index (χ1v) is 9.21. The maximum absolute atomic E-state index is 6.19. The number of para-hydroxylation sites is 2. The van der Waals surface area contributed by atoms with Gasteiger partial charge >= 0.3 is 0 Å². The quantitative estimate of drug-likeness (QED) is 0.449. The predicted molar refractivity (Wildman–Crippen MR) is 113 cm³/mol. The number of H-pyrrole nitrogens is 1. The molecule has 0 spiro atoms. The summed E-state index contributed by atoms with van der Waals surface area (Å²) >= 11 is 6.19. The van der Waals surface area contributed by atoms with Crippen LogP contribution in [0.5, 0.6) is 11.5 Å². The summed E-state index contributed by atoms with van der Waals surface area (Å²) in [5, 5.41) is 0.659. The van der Waals surface area contributed by atoms with Crippen molar-refractivity contribution in [3.8, 4) is 45.4 Å². The molecule has 1 heterocycles. The monoisotopic (exact) mass is 390 g/mol. The molecule has 0 bridgehead atoms. The van der Waals surface area contributed by atoms with Crippen molar-refractivity contribution in [2.75, 3.05) is 14.2 Å². The molecule has 0 aliphatic rings. The van der Waals surface area contributed by atoms with Gasteiger partial charge in [0.05, 0.1) is 19.9 Å². The topological polar surface area (TPSA) is 47.1 Å². The maximum Gasteiger partial charge on any atom is 0.138 e. The van der Waals surface area contributed by atoms with Crippen molar-refractivity contribution in [3.63, 3.8) is 0 Å². The highest BCUT2D eigenvalue weighted by Gasteiger charge is 2.20. The molecule has 0 aliphatic heterocycles. The van der Waals surface area contributed by atoms with Gasteiger partial charge in [-0.05, 0) is 36.4 Å². The smallest absolute Gasteiger partial charge is 0.138 e. The average molecular weight is 391 g/mol. The van der Waals surface area contributed by atoms with Crippen molar-refractivity contribution in [3.05, 3.63) is 77.8 Å². The summed E-state index contributed by atoms with van der Waals surface area (Å²) in [5.41, 5.74) is 4.38. The van der Waals surface area contributed by atoms with E-state index in [0.29, 0.717) is 5.02 Å². The van der Waals surface area contributed by atoms with Crippen LogP contribution in [0.2, 0.25) is 5.02 Å². The average Bonchev–Trinajstić information content (AvgIpc) is 3.18. The Bertz CT molecular complexity index is 1060. The van der Waals surface area contributed by atoms with Gasteiger partial charge in [-0.2, -0.15) is 0 Å². The lowest BCUT2D eigenvalue weighted by Crippen LogP contribution is -1.92. The zero-order valence-corrected chi connectivity index (χ0v) is 16.3. The third kappa shape index (κ3) is 3.35. The highest BCUT2D eigenvalue weighted by Crippen LogP contribution is 2.40. The minimum Gasteiger partial charge on any atom is -0.496 e. The first-order chi connectivity index (χ1) is 13.7. The normalized spacial score (nSPS) is 10.7. The molecule has 140 valence electrons. The molecule has 4 aromatic rings. The molecule has 0 radical (unpaired) electrons. The van der Waals surface area contributed by atoms with E-state index in [1.54, 1.807) is 14.2 Å². The summed E-state index contributed by atoms with van der Waals surface area (Å²) in [6, 6.07) is 23.3. The van der Waals surface area contributed by atoms with Gasteiger partial charge in [-0.1, -0.05) is 48.0 Å². The van der Waals surface area contributed by atoms with E-state index in [1.807, 2.05) is 72.8 Å². The van der Waals surface area contributed by atoms with Gasteiger partial charge in [0, 0.05) is 21.7 Å². The number of rotatable bonds is 5. The first-order valence-electron chi connectivity index (χ1n) is 8.84. The molecular formula is C23H19ClN2O2. The predicted octanol–water partition coefficient (Wildman–Crippen LogP) is 6.08. The van der Waals surface area contributed by atoms with E-state index in [1.165, 1.54) is 0 Å². The molecule has 0 unspecified atom stereocenters. The van der Waals surface area contributed by atoms with Crippen LogP contribution >= 0.6 is 11.6 Å². The van der Waals surface area contributed by atoms with E-state index in [2.05, 4.69) is 4.98 Å². The van der Waals surface area contributed by atoms with Gasteiger partial charge in [0.15, 0.2) is 0 Å². The van der Waals surface area contributed by atoms with E-state index >= 15 is 0 Å². The number of hydrogen-bond acceptors (Lipinski definition) is 3. The Hall–Kier alpha value is -3.24. The lowest BCUT2D eigenvalue weighted by atomic mass is 10.0. The molecule has 28 heavy (non-hydrogen) atoms. The number of aromatic nitrogens is 2. The molecule has 1 aromatic heterocycles. The number of benzene rings is 3. The van der Waals surface area contributed by atoms with Crippen molar-refractivity contribution in [2.45, 2.75) is 0 Å². The molecule has 0 atom stereocenters. The van der Waals surface area contributed by atoms with Gasteiger partial charge in [-0.3, -0.25) is 0 Å². The summed E-state index contributed by atoms with van der Waals surface area (Å²) in [7, 11) is 3.32. The van der Waals surface area contributed by atoms with Crippen LogP contribution < -0.4 is 9.47 Å². The van der Waals surface area contributed by atoms with E-state index in [0.717, 1.165) is 45.4 Å². The maximum atomic E-state index is 6.19. The minimum atomic E-state index is 0.659. The second-order valence-corrected chi connectivity index (χ2v) is 6.66. The Kier molecular flexibility index (Phi) is 5.04. The number of halogens is 1. The number of imidazole rings is 1.